The Morgan fingerprint density at radius 3 is 2.77 bits per heavy atom. The lowest BCUT2D eigenvalue weighted by Crippen LogP contribution is -2.16. The van der Waals surface area contributed by atoms with Gasteiger partial charge in [0.05, 0.1) is 19.3 Å². The summed E-state index contributed by atoms with van der Waals surface area (Å²) in [5.41, 5.74) is 2.98. The van der Waals surface area contributed by atoms with Crippen LogP contribution in [0.5, 0.6) is 5.75 Å². The zero-order valence-corrected chi connectivity index (χ0v) is 18.1. The number of carbonyl (C=O) groups is 2. The number of carbonyl (C=O) groups excluding carboxylic acids is 2. The number of hydrogen-bond donors (Lipinski definition) is 1. The molecule has 0 saturated carbocycles. The summed E-state index contributed by atoms with van der Waals surface area (Å²) in [4.78, 5) is 26.5. The molecule has 2 aromatic rings. The topological polar surface area (TPSA) is 88.4 Å². The number of anilines is 1. The first-order valence-electron chi connectivity index (χ1n) is 9.87. The fourth-order valence-electron chi connectivity index (χ4n) is 3.49. The Kier molecular flexibility index (Phi) is 6.91. The molecule has 1 aliphatic rings. The van der Waals surface area contributed by atoms with Gasteiger partial charge in [0.1, 0.15) is 22.4 Å². The standard InChI is InChI=1S/C23H24N2O4S/c1-4-29-23(27)20-17-7-5-6-8-19(17)30-22(20)25-21(26)16(13-24)11-15-10-9-14(2)18(12-15)28-3/h9-12H,4-8H2,1-3H3,(H,25,26)/b16-11+. The second kappa shape index (κ2) is 9.59. The number of esters is 1. The predicted octanol–water partition coefficient (Wildman–Crippen LogP) is 4.67. The normalized spacial score (nSPS) is 13.2. The second-order valence-electron chi connectivity index (χ2n) is 6.99. The van der Waals surface area contributed by atoms with Crippen molar-refractivity contribution in [2.75, 3.05) is 19.0 Å². The number of nitrogens with one attached hydrogen (secondary N) is 1. The molecule has 0 saturated heterocycles. The van der Waals surface area contributed by atoms with Crippen LogP contribution in [0.3, 0.4) is 0 Å². The van der Waals surface area contributed by atoms with Gasteiger partial charge in [0, 0.05) is 4.88 Å². The van der Waals surface area contributed by atoms with Crippen LogP contribution in [0, 0.1) is 18.3 Å². The summed E-state index contributed by atoms with van der Waals surface area (Å²) in [5.74, 6) is -0.309. The minimum Gasteiger partial charge on any atom is -0.496 e. The van der Waals surface area contributed by atoms with Crippen LogP contribution < -0.4 is 10.1 Å². The van der Waals surface area contributed by atoms with Crippen molar-refractivity contribution in [3.63, 3.8) is 0 Å². The number of methoxy groups -OCH3 is 1. The summed E-state index contributed by atoms with van der Waals surface area (Å²) in [6.45, 7) is 3.93. The van der Waals surface area contributed by atoms with Crippen molar-refractivity contribution in [1.29, 1.82) is 5.26 Å². The lowest BCUT2D eigenvalue weighted by Gasteiger charge is -2.12. The number of amides is 1. The third-order valence-electron chi connectivity index (χ3n) is 4.99. The highest BCUT2D eigenvalue weighted by molar-refractivity contribution is 7.17. The van der Waals surface area contributed by atoms with Crippen molar-refractivity contribution >= 4 is 34.3 Å². The van der Waals surface area contributed by atoms with Crippen LogP contribution in [-0.4, -0.2) is 25.6 Å². The van der Waals surface area contributed by atoms with E-state index < -0.39 is 11.9 Å². The fraction of sp³-hybridized carbons (Fsp3) is 0.348. The number of hydrogen-bond acceptors (Lipinski definition) is 6. The number of nitrogens with zero attached hydrogens (tertiary/aromatic N) is 1. The molecule has 0 spiro atoms. The Labute approximate surface area is 180 Å². The highest BCUT2D eigenvalue weighted by atomic mass is 32.1. The highest BCUT2D eigenvalue weighted by Crippen LogP contribution is 2.38. The van der Waals surface area contributed by atoms with E-state index in [0.29, 0.717) is 21.9 Å². The summed E-state index contributed by atoms with van der Waals surface area (Å²) in [5, 5.41) is 12.8. The quantitative estimate of drug-likeness (QED) is 0.414. The minimum absolute atomic E-state index is 0.0536. The molecule has 156 valence electrons. The number of fused-ring (bicyclic) bond motifs is 1. The van der Waals surface area contributed by atoms with Crippen LogP contribution in [0.1, 0.15) is 51.7 Å². The van der Waals surface area contributed by atoms with Gasteiger partial charge in [-0.25, -0.2) is 4.79 Å². The molecule has 0 radical (unpaired) electrons. The molecule has 0 fully saturated rings. The summed E-state index contributed by atoms with van der Waals surface area (Å²) >= 11 is 1.40. The van der Waals surface area contributed by atoms with Crippen LogP contribution in [-0.2, 0) is 22.4 Å². The highest BCUT2D eigenvalue weighted by Gasteiger charge is 2.27. The Balaban J connectivity index is 1.91. The van der Waals surface area contributed by atoms with Crippen molar-refractivity contribution in [3.8, 4) is 11.8 Å². The van der Waals surface area contributed by atoms with E-state index in [0.717, 1.165) is 41.7 Å². The third kappa shape index (κ3) is 4.55. The van der Waals surface area contributed by atoms with Crippen molar-refractivity contribution in [2.45, 2.75) is 39.5 Å². The lowest BCUT2D eigenvalue weighted by molar-refractivity contribution is -0.112. The molecular weight excluding hydrogens is 400 g/mol. The number of rotatable bonds is 6. The molecule has 0 unspecified atom stereocenters. The third-order valence-corrected chi connectivity index (χ3v) is 6.19. The van der Waals surface area contributed by atoms with Gasteiger partial charge in [-0.15, -0.1) is 11.3 Å². The van der Waals surface area contributed by atoms with E-state index in [1.807, 2.05) is 25.1 Å². The van der Waals surface area contributed by atoms with Gasteiger partial charge < -0.3 is 14.8 Å². The number of benzene rings is 1. The van der Waals surface area contributed by atoms with Gasteiger partial charge in [0.2, 0.25) is 0 Å². The van der Waals surface area contributed by atoms with E-state index in [2.05, 4.69) is 5.32 Å². The molecule has 1 aromatic heterocycles. The first kappa shape index (κ1) is 21.6. The number of nitriles is 1. The first-order chi connectivity index (χ1) is 14.5. The SMILES string of the molecule is CCOC(=O)c1c(NC(=O)/C(C#N)=C/c2ccc(C)c(OC)c2)sc2c1CCCC2. The van der Waals surface area contributed by atoms with Gasteiger partial charge in [-0.1, -0.05) is 12.1 Å². The predicted molar refractivity (Wildman–Crippen MR) is 117 cm³/mol. The zero-order valence-electron chi connectivity index (χ0n) is 17.3. The second-order valence-corrected chi connectivity index (χ2v) is 8.09. The van der Waals surface area contributed by atoms with Gasteiger partial charge in [0.15, 0.2) is 0 Å². The van der Waals surface area contributed by atoms with E-state index in [1.165, 1.54) is 17.4 Å². The van der Waals surface area contributed by atoms with Gasteiger partial charge in [-0.2, -0.15) is 5.26 Å². The number of ether oxygens (including phenoxy) is 2. The molecule has 1 N–H and O–H groups in total. The Morgan fingerprint density at radius 1 is 1.30 bits per heavy atom. The molecule has 7 heteroatoms. The maximum absolute atomic E-state index is 12.8. The minimum atomic E-state index is -0.554. The van der Waals surface area contributed by atoms with Crippen LogP contribution in [0.2, 0.25) is 0 Å². The summed E-state index contributed by atoms with van der Waals surface area (Å²) in [7, 11) is 1.57. The Hall–Kier alpha value is -3.11. The van der Waals surface area contributed by atoms with Gasteiger partial charge in [-0.05, 0) is 68.4 Å². The van der Waals surface area contributed by atoms with Gasteiger partial charge in [-0.3, -0.25) is 4.79 Å². The van der Waals surface area contributed by atoms with Crippen molar-refractivity contribution < 1.29 is 19.1 Å². The Bertz CT molecular complexity index is 1050. The number of thiophene rings is 1. The molecule has 1 amide bonds. The van der Waals surface area contributed by atoms with Crippen molar-refractivity contribution in [3.05, 3.63) is 50.9 Å². The zero-order chi connectivity index (χ0) is 21.7. The Morgan fingerprint density at radius 2 is 2.07 bits per heavy atom. The largest absolute Gasteiger partial charge is 0.496 e. The maximum Gasteiger partial charge on any atom is 0.341 e. The van der Waals surface area contributed by atoms with E-state index in [1.54, 1.807) is 20.1 Å². The molecule has 0 aliphatic heterocycles. The van der Waals surface area contributed by atoms with E-state index in [4.69, 9.17) is 9.47 Å². The lowest BCUT2D eigenvalue weighted by atomic mass is 9.95. The van der Waals surface area contributed by atoms with Crippen LogP contribution >= 0.6 is 11.3 Å². The smallest absolute Gasteiger partial charge is 0.341 e. The molecule has 0 bridgehead atoms. The van der Waals surface area contributed by atoms with Crippen LogP contribution in [0.15, 0.2) is 23.8 Å². The molecule has 1 aromatic carbocycles. The molecule has 1 aliphatic carbocycles. The van der Waals surface area contributed by atoms with E-state index in [-0.39, 0.29) is 12.2 Å². The maximum atomic E-state index is 12.8. The van der Waals surface area contributed by atoms with Crippen molar-refractivity contribution in [2.24, 2.45) is 0 Å². The van der Waals surface area contributed by atoms with Gasteiger partial charge >= 0.3 is 5.97 Å². The summed E-state index contributed by atoms with van der Waals surface area (Å²) < 4.78 is 10.5. The average molecular weight is 425 g/mol. The fourth-order valence-corrected chi connectivity index (χ4v) is 4.76. The van der Waals surface area contributed by atoms with Gasteiger partial charge in [0.25, 0.3) is 5.91 Å². The molecule has 0 atom stereocenters. The number of aryl methyl sites for hydroxylation is 2. The van der Waals surface area contributed by atoms with E-state index >= 15 is 0 Å². The monoisotopic (exact) mass is 424 g/mol. The molecule has 30 heavy (non-hydrogen) atoms. The van der Waals surface area contributed by atoms with E-state index in [9.17, 15) is 14.9 Å². The van der Waals surface area contributed by atoms with Crippen LogP contribution in [0.25, 0.3) is 6.08 Å². The molecular formula is C23H24N2O4S. The molecule has 1 heterocycles. The first-order valence-corrected chi connectivity index (χ1v) is 10.7. The summed E-state index contributed by atoms with van der Waals surface area (Å²) in [6.07, 6.45) is 5.24. The molecule has 6 nitrogen and oxygen atoms in total. The average Bonchev–Trinajstić information content (AvgIpc) is 3.10. The summed E-state index contributed by atoms with van der Waals surface area (Å²) in [6, 6.07) is 7.41. The van der Waals surface area contributed by atoms with Crippen molar-refractivity contribution in [1.82, 2.24) is 0 Å². The van der Waals surface area contributed by atoms with Crippen LogP contribution in [0.4, 0.5) is 5.00 Å². The molecule has 3 rings (SSSR count).